The summed E-state index contributed by atoms with van der Waals surface area (Å²) in [4.78, 5) is 37.0. The van der Waals surface area contributed by atoms with Gasteiger partial charge in [-0.3, -0.25) is 4.79 Å². The van der Waals surface area contributed by atoms with E-state index in [4.69, 9.17) is 4.42 Å². The summed E-state index contributed by atoms with van der Waals surface area (Å²) in [5.41, 5.74) is -2.03. The van der Waals surface area contributed by atoms with Crippen LogP contribution in [0.25, 0.3) is 11.0 Å². The van der Waals surface area contributed by atoms with Gasteiger partial charge in [0.05, 0.1) is 29.8 Å². The van der Waals surface area contributed by atoms with Crippen LogP contribution in [0.5, 0.6) is 5.75 Å². The van der Waals surface area contributed by atoms with Crippen molar-refractivity contribution in [1.29, 1.82) is 0 Å². The molecule has 10 heteroatoms. The van der Waals surface area contributed by atoms with Crippen molar-refractivity contribution < 1.29 is 38.8 Å². The monoisotopic (exact) mass is 424 g/mol. The normalized spacial score (nSPS) is 18.7. The molecule has 0 saturated heterocycles. The van der Waals surface area contributed by atoms with Gasteiger partial charge in [0.15, 0.2) is 23.0 Å². The van der Waals surface area contributed by atoms with Gasteiger partial charge in [0.1, 0.15) is 5.76 Å². The smallest absolute Gasteiger partial charge is 0.339 e. The van der Waals surface area contributed by atoms with Crippen LogP contribution in [-0.2, 0) is 25.5 Å². The highest BCUT2D eigenvalue weighted by atomic mass is 32.2. The minimum absolute atomic E-state index is 0.0109. The molecule has 29 heavy (non-hydrogen) atoms. The number of benzene rings is 1. The average molecular weight is 424 g/mol. The molecule has 0 spiro atoms. The molecule has 0 aliphatic carbocycles. The number of aryl methyl sites for hydroxylation is 1. The molecule has 0 amide bonds. The van der Waals surface area contributed by atoms with Crippen molar-refractivity contribution in [2.24, 2.45) is 0 Å². The Balaban J connectivity index is 2.04. The Bertz CT molecular complexity index is 1040. The third kappa shape index (κ3) is 3.59. The molecule has 9 nitrogen and oxygen atoms in total. The van der Waals surface area contributed by atoms with E-state index in [0.29, 0.717) is 5.56 Å². The number of phenolic OH excluding ortho intramolecular Hbond substituents is 1. The molecular formula is C19H20O9S. The molecule has 1 aromatic carbocycles. The zero-order valence-corrected chi connectivity index (χ0v) is 16.7. The summed E-state index contributed by atoms with van der Waals surface area (Å²) in [5, 5.41) is 30.3. The number of esters is 2. The summed E-state index contributed by atoms with van der Waals surface area (Å²) in [5.74, 6) is -2.10. The fourth-order valence-electron chi connectivity index (χ4n) is 3.36. The maximum absolute atomic E-state index is 12.9. The number of carbonyl (C=O) groups excluding carboxylic acids is 2. The largest absolute Gasteiger partial charge is 0.504 e. The third-order valence-corrected chi connectivity index (χ3v) is 6.31. The molecule has 0 bridgehead atoms. The quantitative estimate of drug-likeness (QED) is 0.585. The summed E-state index contributed by atoms with van der Waals surface area (Å²) in [6.07, 6.45) is -2.52. The lowest BCUT2D eigenvalue weighted by Gasteiger charge is -2.31. The van der Waals surface area contributed by atoms with Gasteiger partial charge in [-0.2, -0.15) is 0 Å². The molecule has 156 valence electrons. The van der Waals surface area contributed by atoms with E-state index < -0.39 is 40.7 Å². The van der Waals surface area contributed by atoms with Crippen LogP contribution >= 0.6 is 11.8 Å². The molecule has 1 aliphatic heterocycles. The standard InChI is InChI=1S/C19H20O9S/c1-8-4-9-14(22)16-12(28-15(9)10(20)5-8)6-13(29-16)19(25,18(24)27-3)7-11(21)17(23)26-2/h4-5,11,13,20-21,25H,6-7H2,1-3H3/t11-,13+,19?/m1/s1. The van der Waals surface area contributed by atoms with E-state index in [1.807, 2.05) is 0 Å². The number of ether oxygens (including phenoxy) is 2. The first-order valence-corrected chi connectivity index (χ1v) is 9.53. The topological polar surface area (TPSA) is 144 Å². The minimum atomic E-state index is -2.29. The van der Waals surface area contributed by atoms with E-state index in [0.717, 1.165) is 26.0 Å². The molecular weight excluding hydrogens is 404 g/mol. The first-order valence-electron chi connectivity index (χ1n) is 8.65. The van der Waals surface area contributed by atoms with E-state index in [1.54, 1.807) is 13.0 Å². The van der Waals surface area contributed by atoms with Crippen molar-refractivity contribution in [1.82, 2.24) is 0 Å². The minimum Gasteiger partial charge on any atom is -0.504 e. The van der Waals surface area contributed by atoms with Crippen molar-refractivity contribution in [2.75, 3.05) is 14.2 Å². The lowest BCUT2D eigenvalue weighted by atomic mass is 9.89. The summed E-state index contributed by atoms with van der Waals surface area (Å²) < 4.78 is 14.8. The molecule has 1 aliphatic rings. The first-order chi connectivity index (χ1) is 13.6. The van der Waals surface area contributed by atoms with E-state index in [1.165, 1.54) is 6.07 Å². The summed E-state index contributed by atoms with van der Waals surface area (Å²) >= 11 is 0.899. The van der Waals surface area contributed by atoms with Gasteiger partial charge in [-0.25, -0.2) is 9.59 Å². The van der Waals surface area contributed by atoms with Crippen LogP contribution < -0.4 is 5.43 Å². The predicted octanol–water partition coefficient (Wildman–Crippen LogP) is 0.652. The number of rotatable bonds is 5. The number of aromatic hydroxyl groups is 1. The highest BCUT2D eigenvalue weighted by Gasteiger charge is 2.51. The molecule has 0 radical (unpaired) electrons. The lowest BCUT2D eigenvalue weighted by Crippen LogP contribution is -2.52. The second-order valence-electron chi connectivity index (χ2n) is 6.81. The number of hydrogen-bond donors (Lipinski definition) is 3. The van der Waals surface area contributed by atoms with Crippen LogP contribution in [0.2, 0.25) is 0 Å². The van der Waals surface area contributed by atoms with Gasteiger partial charge < -0.3 is 29.2 Å². The molecule has 1 unspecified atom stereocenters. The van der Waals surface area contributed by atoms with Crippen LogP contribution in [0, 0.1) is 6.92 Å². The Morgan fingerprint density at radius 3 is 2.66 bits per heavy atom. The Kier molecular flexibility index (Phi) is 5.61. The first kappa shape index (κ1) is 21.2. The molecule has 2 heterocycles. The zero-order valence-electron chi connectivity index (χ0n) is 15.9. The van der Waals surface area contributed by atoms with Crippen molar-refractivity contribution >= 4 is 34.7 Å². The maximum atomic E-state index is 12.9. The predicted molar refractivity (Wildman–Crippen MR) is 102 cm³/mol. The van der Waals surface area contributed by atoms with Gasteiger partial charge in [-0.1, -0.05) is 0 Å². The van der Waals surface area contributed by atoms with E-state index in [9.17, 15) is 29.7 Å². The van der Waals surface area contributed by atoms with Crippen molar-refractivity contribution in [2.45, 2.75) is 41.6 Å². The average Bonchev–Trinajstić information content (AvgIpc) is 3.12. The maximum Gasteiger partial charge on any atom is 0.339 e. The van der Waals surface area contributed by atoms with Crippen LogP contribution in [0.15, 0.2) is 26.2 Å². The van der Waals surface area contributed by atoms with E-state index >= 15 is 0 Å². The number of thioether (sulfide) groups is 1. The second kappa shape index (κ2) is 7.69. The van der Waals surface area contributed by atoms with Crippen LogP contribution in [0.4, 0.5) is 0 Å². The Hall–Kier alpha value is -2.56. The van der Waals surface area contributed by atoms with Crippen molar-refractivity contribution in [3.8, 4) is 5.75 Å². The number of aliphatic hydroxyl groups excluding tert-OH is 1. The number of fused-ring (bicyclic) bond motifs is 2. The van der Waals surface area contributed by atoms with Crippen molar-refractivity contribution in [3.05, 3.63) is 33.7 Å². The molecule has 1 aromatic heterocycles. The lowest BCUT2D eigenvalue weighted by molar-refractivity contribution is -0.169. The third-order valence-electron chi connectivity index (χ3n) is 4.82. The highest BCUT2D eigenvalue weighted by Crippen LogP contribution is 2.44. The Morgan fingerprint density at radius 1 is 1.34 bits per heavy atom. The van der Waals surface area contributed by atoms with Gasteiger partial charge >= 0.3 is 11.9 Å². The molecule has 3 rings (SSSR count). The summed E-state index contributed by atoms with van der Waals surface area (Å²) in [6, 6.07) is 3.03. The molecule has 0 fully saturated rings. The number of carbonyl (C=O) groups is 2. The van der Waals surface area contributed by atoms with Gasteiger partial charge in [0.25, 0.3) is 0 Å². The van der Waals surface area contributed by atoms with Crippen LogP contribution in [0.3, 0.4) is 0 Å². The number of methoxy groups -OCH3 is 2. The summed E-state index contributed by atoms with van der Waals surface area (Å²) in [6.45, 7) is 1.71. The van der Waals surface area contributed by atoms with Crippen LogP contribution in [0.1, 0.15) is 17.7 Å². The molecule has 3 atom stereocenters. The zero-order chi connectivity index (χ0) is 21.5. The molecule has 2 aromatic rings. The molecule has 0 saturated carbocycles. The van der Waals surface area contributed by atoms with Gasteiger partial charge in [-0.05, 0) is 24.6 Å². The second-order valence-corrected chi connectivity index (χ2v) is 8.03. The van der Waals surface area contributed by atoms with E-state index in [-0.39, 0.29) is 33.8 Å². The van der Waals surface area contributed by atoms with Gasteiger partial charge in [0, 0.05) is 12.8 Å². The van der Waals surface area contributed by atoms with E-state index in [2.05, 4.69) is 9.47 Å². The summed E-state index contributed by atoms with van der Waals surface area (Å²) in [7, 11) is 2.12. The Morgan fingerprint density at radius 2 is 2.03 bits per heavy atom. The number of phenols is 1. The van der Waals surface area contributed by atoms with Gasteiger partial charge in [0.2, 0.25) is 5.43 Å². The fourth-order valence-corrected chi connectivity index (χ4v) is 4.74. The SMILES string of the molecule is COC(=O)[C@H](O)CC(O)(C(=O)OC)[C@@H]1Cc2oc3c(O)cc(C)cc3c(=O)c2S1. The van der Waals surface area contributed by atoms with Crippen LogP contribution in [-0.4, -0.2) is 58.4 Å². The molecule has 3 N–H and O–H groups in total. The Labute approximate surface area is 169 Å². The number of aliphatic hydroxyl groups is 2. The van der Waals surface area contributed by atoms with Gasteiger partial charge in [-0.15, -0.1) is 11.8 Å². The number of hydrogen-bond acceptors (Lipinski definition) is 10. The van der Waals surface area contributed by atoms with Crippen molar-refractivity contribution in [3.63, 3.8) is 0 Å². The highest BCUT2D eigenvalue weighted by molar-refractivity contribution is 8.00. The fraction of sp³-hybridized carbons (Fsp3) is 0.421.